The van der Waals surface area contributed by atoms with Crippen molar-refractivity contribution in [2.24, 2.45) is 11.8 Å². The molecule has 3 unspecified atom stereocenters. The Morgan fingerprint density at radius 1 is 1.09 bits per heavy atom. The zero-order valence-corrected chi connectivity index (χ0v) is 14.6. The molecule has 1 saturated carbocycles. The third kappa shape index (κ3) is 5.01. The molecule has 3 amide bonds. The molecular weight excluding hydrogens is 294 g/mol. The van der Waals surface area contributed by atoms with Gasteiger partial charge in [-0.2, -0.15) is 0 Å². The highest BCUT2D eigenvalue weighted by Gasteiger charge is 2.29. The molecule has 1 saturated heterocycles. The molecule has 2 aliphatic rings. The predicted octanol–water partition coefficient (Wildman–Crippen LogP) is 2.73. The SMILES string of the molecule is CCOC(=O)N1CCC(NC(=O)NC2CCCC(C)C2C)CC1. The maximum Gasteiger partial charge on any atom is 0.409 e. The number of rotatable bonds is 3. The van der Waals surface area contributed by atoms with Crippen LogP contribution in [-0.2, 0) is 4.74 Å². The predicted molar refractivity (Wildman–Crippen MR) is 89.3 cm³/mol. The first-order chi connectivity index (χ1) is 11.0. The summed E-state index contributed by atoms with van der Waals surface area (Å²) in [5.74, 6) is 1.20. The summed E-state index contributed by atoms with van der Waals surface area (Å²) in [6.45, 7) is 7.98. The summed E-state index contributed by atoms with van der Waals surface area (Å²) >= 11 is 0. The fourth-order valence-corrected chi connectivity index (χ4v) is 3.60. The van der Waals surface area contributed by atoms with E-state index in [1.807, 2.05) is 6.92 Å². The van der Waals surface area contributed by atoms with Gasteiger partial charge in [-0.15, -0.1) is 0 Å². The number of hydrogen-bond donors (Lipinski definition) is 2. The number of carbonyl (C=O) groups is 2. The highest BCUT2D eigenvalue weighted by molar-refractivity contribution is 5.74. The number of hydrogen-bond acceptors (Lipinski definition) is 3. The minimum Gasteiger partial charge on any atom is -0.450 e. The highest BCUT2D eigenvalue weighted by Crippen LogP contribution is 2.29. The maximum absolute atomic E-state index is 12.2. The summed E-state index contributed by atoms with van der Waals surface area (Å²) in [4.78, 5) is 25.6. The quantitative estimate of drug-likeness (QED) is 0.838. The van der Waals surface area contributed by atoms with Crippen LogP contribution in [-0.4, -0.2) is 48.8 Å². The zero-order valence-electron chi connectivity index (χ0n) is 14.6. The van der Waals surface area contributed by atoms with Crippen molar-refractivity contribution < 1.29 is 14.3 Å². The number of ether oxygens (including phenoxy) is 1. The summed E-state index contributed by atoms with van der Waals surface area (Å²) in [6.07, 6.45) is 4.83. The van der Waals surface area contributed by atoms with E-state index in [2.05, 4.69) is 24.5 Å². The Morgan fingerprint density at radius 2 is 1.78 bits per heavy atom. The van der Waals surface area contributed by atoms with Crippen molar-refractivity contribution in [2.75, 3.05) is 19.7 Å². The summed E-state index contributed by atoms with van der Waals surface area (Å²) in [5.41, 5.74) is 0. The Bertz CT molecular complexity index is 408. The molecule has 1 aliphatic carbocycles. The molecule has 0 radical (unpaired) electrons. The number of amides is 3. The van der Waals surface area contributed by atoms with Gasteiger partial charge < -0.3 is 20.3 Å². The van der Waals surface area contributed by atoms with Gasteiger partial charge >= 0.3 is 12.1 Å². The van der Waals surface area contributed by atoms with Crippen molar-refractivity contribution in [3.05, 3.63) is 0 Å². The van der Waals surface area contributed by atoms with E-state index in [4.69, 9.17) is 4.74 Å². The van der Waals surface area contributed by atoms with Gasteiger partial charge in [0.25, 0.3) is 0 Å². The van der Waals surface area contributed by atoms with Crippen molar-refractivity contribution in [3.8, 4) is 0 Å². The Hall–Kier alpha value is -1.46. The molecule has 0 aromatic carbocycles. The average molecular weight is 325 g/mol. The van der Waals surface area contributed by atoms with Crippen LogP contribution in [0.5, 0.6) is 0 Å². The molecule has 0 aromatic heterocycles. The lowest BCUT2D eigenvalue weighted by Gasteiger charge is -2.36. The summed E-state index contributed by atoms with van der Waals surface area (Å²) in [7, 11) is 0. The van der Waals surface area contributed by atoms with Crippen molar-refractivity contribution in [2.45, 2.75) is 65.0 Å². The summed E-state index contributed by atoms with van der Waals surface area (Å²) in [6, 6.07) is 0.348. The van der Waals surface area contributed by atoms with Crippen LogP contribution in [0.4, 0.5) is 9.59 Å². The third-order valence-corrected chi connectivity index (χ3v) is 5.38. The molecule has 2 rings (SSSR count). The number of likely N-dealkylation sites (tertiary alicyclic amines) is 1. The number of urea groups is 1. The molecular formula is C17H31N3O3. The van der Waals surface area contributed by atoms with Crippen molar-refractivity contribution in [1.82, 2.24) is 15.5 Å². The number of carbonyl (C=O) groups excluding carboxylic acids is 2. The molecule has 132 valence electrons. The fraction of sp³-hybridized carbons (Fsp3) is 0.882. The van der Waals surface area contributed by atoms with E-state index in [-0.39, 0.29) is 24.2 Å². The molecule has 0 spiro atoms. The second-order valence-electron chi connectivity index (χ2n) is 6.95. The highest BCUT2D eigenvalue weighted by atomic mass is 16.6. The number of nitrogens with zero attached hydrogens (tertiary/aromatic N) is 1. The Morgan fingerprint density at radius 3 is 2.43 bits per heavy atom. The van der Waals surface area contributed by atoms with E-state index in [0.717, 1.165) is 19.3 Å². The van der Waals surface area contributed by atoms with Gasteiger partial charge in [-0.25, -0.2) is 9.59 Å². The second kappa shape index (κ2) is 8.41. The molecule has 2 fully saturated rings. The molecule has 3 atom stereocenters. The second-order valence-corrected chi connectivity index (χ2v) is 6.95. The van der Waals surface area contributed by atoms with E-state index in [0.29, 0.717) is 31.5 Å². The first kappa shape index (κ1) is 17.9. The van der Waals surface area contributed by atoms with Crippen molar-refractivity contribution in [3.63, 3.8) is 0 Å². The molecule has 23 heavy (non-hydrogen) atoms. The van der Waals surface area contributed by atoms with E-state index < -0.39 is 0 Å². The van der Waals surface area contributed by atoms with Gasteiger partial charge in [0.2, 0.25) is 0 Å². The molecule has 2 N–H and O–H groups in total. The standard InChI is InChI=1S/C17H31N3O3/c1-4-23-17(22)20-10-8-14(9-11-20)18-16(21)19-15-7-5-6-12(2)13(15)3/h12-15H,4-11H2,1-3H3,(H2,18,19,21). The smallest absolute Gasteiger partial charge is 0.409 e. The lowest BCUT2D eigenvalue weighted by atomic mass is 9.78. The molecule has 1 heterocycles. The first-order valence-corrected chi connectivity index (χ1v) is 9.00. The van der Waals surface area contributed by atoms with Gasteiger partial charge in [-0.05, 0) is 38.0 Å². The Kier molecular flexibility index (Phi) is 6.54. The van der Waals surface area contributed by atoms with Gasteiger partial charge in [0.1, 0.15) is 0 Å². The van der Waals surface area contributed by atoms with E-state index in [9.17, 15) is 9.59 Å². The average Bonchev–Trinajstić information content (AvgIpc) is 2.53. The largest absolute Gasteiger partial charge is 0.450 e. The summed E-state index contributed by atoms with van der Waals surface area (Å²) in [5, 5.41) is 6.21. The van der Waals surface area contributed by atoms with Gasteiger partial charge in [0.15, 0.2) is 0 Å². The first-order valence-electron chi connectivity index (χ1n) is 9.00. The van der Waals surface area contributed by atoms with Crippen LogP contribution < -0.4 is 10.6 Å². The van der Waals surface area contributed by atoms with Gasteiger partial charge in [0.05, 0.1) is 6.61 Å². The molecule has 6 nitrogen and oxygen atoms in total. The number of nitrogens with one attached hydrogen (secondary N) is 2. The van der Waals surface area contributed by atoms with Crippen LogP contribution >= 0.6 is 0 Å². The lowest BCUT2D eigenvalue weighted by molar-refractivity contribution is 0.0956. The summed E-state index contributed by atoms with van der Waals surface area (Å²) < 4.78 is 5.01. The minimum absolute atomic E-state index is 0.0643. The molecule has 6 heteroatoms. The van der Waals surface area contributed by atoms with Crippen molar-refractivity contribution in [1.29, 1.82) is 0 Å². The Labute approximate surface area is 139 Å². The van der Waals surface area contributed by atoms with E-state index in [1.54, 1.807) is 4.90 Å². The van der Waals surface area contributed by atoms with E-state index in [1.165, 1.54) is 12.8 Å². The fourth-order valence-electron chi connectivity index (χ4n) is 3.60. The Balaban J connectivity index is 1.71. The van der Waals surface area contributed by atoms with Crippen LogP contribution in [0, 0.1) is 11.8 Å². The monoisotopic (exact) mass is 325 g/mol. The molecule has 0 bridgehead atoms. The van der Waals surface area contributed by atoms with Gasteiger partial charge in [-0.3, -0.25) is 0 Å². The van der Waals surface area contributed by atoms with E-state index >= 15 is 0 Å². The van der Waals surface area contributed by atoms with Gasteiger partial charge in [0, 0.05) is 25.2 Å². The zero-order chi connectivity index (χ0) is 16.8. The molecule has 1 aliphatic heterocycles. The maximum atomic E-state index is 12.2. The normalized spacial score (nSPS) is 29.0. The third-order valence-electron chi connectivity index (χ3n) is 5.38. The van der Waals surface area contributed by atoms with Gasteiger partial charge in [-0.1, -0.05) is 26.7 Å². The van der Waals surface area contributed by atoms with Crippen LogP contribution in [0.2, 0.25) is 0 Å². The van der Waals surface area contributed by atoms with Crippen LogP contribution in [0.1, 0.15) is 52.9 Å². The van der Waals surface area contributed by atoms with Crippen LogP contribution in [0.25, 0.3) is 0 Å². The molecule has 0 aromatic rings. The van der Waals surface area contributed by atoms with Crippen LogP contribution in [0.15, 0.2) is 0 Å². The number of piperidine rings is 1. The minimum atomic E-state index is -0.250. The topological polar surface area (TPSA) is 70.7 Å². The van der Waals surface area contributed by atoms with Crippen molar-refractivity contribution >= 4 is 12.1 Å². The van der Waals surface area contributed by atoms with Crippen LogP contribution in [0.3, 0.4) is 0 Å². The lowest BCUT2D eigenvalue weighted by Crippen LogP contribution is -2.53.